The van der Waals surface area contributed by atoms with E-state index in [9.17, 15) is 0 Å². The fraction of sp³-hybridized carbons (Fsp3) is 0.333. The van der Waals surface area contributed by atoms with Crippen molar-refractivity contribution < 1.29 is 0 Å². The molecule has 2 heterocycles. The van der Waals surface area contributed by atoms with Gasteiger partial charge < -0.3 is 4.98 Å². The maximum atomic E-state index is 4.49. The molecular formula is C9H9Br2N3. The second-order valence-corrected chi connectivity index (χ2v) is 4.66. The number of imidazole rings is 1. The zero-order valence-corrected chi connectivity index (χ0v) is 10.8. The number of aromatic nitrogens is 3. The summed E-state index contributed by atoms with van der Waals surface area (Å²) in [6.07, 6.45) is 3.80. The molecule has 0 aromatic carbocycles. The van der Waals surface area contributed by atoms with E-state index in [1.54, 1.807) is 6.20 Å². The Bertz CT molecular complexity index is 425. The zero-order chi connectivity index (χ0) is 10.1. The van der Waals surface area contributed by atoms with Crippen LogP contribution in [0.25, 0.3) is 11.0 Å². The van der Waals surface area contributed by atoms with Crippen molar-refractivity contribution in [2.24, 2.45) is 0 Å². The first kappa shape index (κ1) is 10.1. The maximum Gasteiger partial charge on any atom is 0.131 e. The minimum absolute atomic E-state index is 0.811. The number of rotatable bonds is 2. The summed E-state index contributed by atoms with van der Waals surface area (Å²) in [5, 5.41) is 0. The van der Waals surface area contributed by atoms with Crippen molar-refractivity contribution in [3.63, 3.8) is 0 Å². The van der Waals surface area contributed by atoms with Crippen LogP contribution in [0, 0.1) is 0 Å². The standard InChI is InChI=1S/C9H9Br2N3/c1-2-3-6-13-7-5(10)4-12-9(11)8(7)14-6/h4H,2-3H2,1H3,(H,13,14). The molecule has 0 aliphatic heterocycles. The molecule has 0 fully saturated rings. The second-order valence-electron chi connectivity index (χ2n) is 3.05. The van der Waals surface area contributed by atoms with Crippen LogP contribution in [-0.4, -0.2) is 15.0 Å². The molecule has 0 aliphatic rings. The number of fused-ring (bicyclic) bond motifs is 1. The lowest BCUT2D eigenvalue weighted by Crippen LogP contribution is -1.84. The van der Waals surface area contributed by atoms with E-state index in [1.165, 1.54) is 0 Å². The molecule has 14 heavy (non-hydrogen) atoms. The number of hydrogen-bond acceptors (Lipinski definition) is 2. The predicted octanol–water partition coefficient (Wildman–Crippen LogP) is 3.44. The molecular weight excluding hydrogens is 310 g/mol. The number of nitrogens with one attached hydrogen (secondary N) is 1. The monoisotopic (exact) mass is 317 g/mol. The highest BCUT2D eigenvalue weighted by molar-refractivity contribution is 9.11. The van der Waals surface area contributed by atoms with Crippen molar-refractivity contribution in [2.75, 3.05) is 0 Å². The molecule has 0 unspecified atom stereocenters. The minimum Gasteiger partial charge on any atom is -0.340 e. The molecule has 2 aromatic rings. The summed E-state index contributed by atoms with van der Waals surface area (Å²) in [6, 6.07) is 0. The van der Waals surface area contributed by atoms with Crippen LogP contribution in [-0.2, 0) is 6.42 Å². The Morgan fingerprint density at radius 3 is 2.86 bits per heavy atom. The van der Waals surface area contributed by atoms with Gasteiger partial charge in [0.1, 0.15) is 21.5 Å². The molecule has 0 spiro atoms. The molecule has 2 rings (SSSR count). The van der Waals surface area contributed by atoms with Crippen LogP contribution in [0.2, 0.25) is 0 Å². The summed E-state index contributed by atoms with van der Waals surface area (Å²) in [7, 11) is 0. The average molecular weight is 319 g/mol. The lowest BCUT2D eigenvalue weighted by molar-refractivity contribution is 0.861. The fourth-order valence-electron chi connectivity index (χ4n) is 1.34. The van der Waals surface area contributed by atoms with E-state index in [1.807, 2.05) is 0 Å². The zero-order valence-electron chi connectivity index (χ0n) is 7.64. The number of nitrogens with zero attached hydrogens (tertiary/aromatic N) is 2. The molecule has 0 atom stereocenters. The third-order valence-electron chi connectivity index (χ3n) is 1.96. The van der Waals surface area contributed by atoms with E-state index < -0.39 is 0 Å². The molecule has 0 saturated carbocycles. The summed E-state index contributed by atoms with van der Waals surface area (Å²) in [6.45, 7) is 2.13. The Labute approximate surface area is 98.6 Å². The Morgan fingerprint density at radius 1 is 1.43 bits per heavy atom. The maximum absolute atomic E-state index is 4.49. The molecule has 0 aliphatic carbocycles. The van der Waals surface area contributed by atoms with E-state index in [0.717, 1.165) is 38.8 Å². The van der Waals surface area contributed by atoms with Gasteiger partial charge in [-0.3, -0.25) is 0 Å². The van der Waals surface area contributed by atoms with Gasteiger partial charge in [0.05, 0.1) is 4.47 Å². The van der Waals surface area contributed by atoms with Crippen LogP contribution in [0.3, 0.4) is 0 Å². The van der Waals surface area contributed by atoms with Gasteiger partial charge in [-0.15, -0.1) is 0 Å². The third kappa shape index (κ3) is 1.70. The summed E-state index contributed by atoms with van der Waals surface area (Å²) >= 11 is 6.82. The number of hydrogen-bond donors (Lipinski definition) is 1. The van der Waals surface area contributed by atoms with Crippen molar-refractivity contribution >= 4 is 42.9 Å². The van der Waals surface area contributed by atoms with Crippen molar-refractivity contribution in [2.45, 2.75) is 19.8 Å². The number of aryl methyl sites for hydroxylation is 1. The Hall–Kier alpha value is -0.420. The fourth-order valence-corrected chi connectivity index (χ4v) is 2.12. The average Bonchev–Trinajstić information content (AvgIpc) is 2.57. The Morgan fingerprint density at radius 2 is 2.21 bits per heavy atom. The van der Waals surface area contributed by atoms with E-state index >= 15 is 0 Å². The van der Waals surface area contributed by atoms with Gasteiger partial charge in [-0.1, -0.05) is 6.92 Å². The largest absolute Gasteiger partial charge is 0.340 e. The van der Waals surface area contributed by atoms with Crippen LogP contribution in [0.1, 0.15) is 19.2 Å². The van der Waals surface area contributed by atoms with Crippen molar-refractivity contribution in [1.82, 2.24) is 15.0 Å². The predicted molar refractivity (Wildman–Crippen MR) is 63.3 cm³/mol. The van der Waals surface area contributed by atoms with E-state index in [4.69, 9.17) is 0 Å². The molecule has 0 radical (unpaired) electrons. The van der Waals surface area contributed by atoms with Crippen LogP contribution < -0.4 is 0 Å². The molecule has 0 saturated heterocycles. The summed E-state index contributed by atoms with van der Waals surface area (Å²) in [4.78, 5) is 11.9. The first-order valence-electron chi connectivity index (χ1n) is 4.41. The third-order valence-corrected chi connectivity index (χ3v) is 3.14. The van der Waals surface area contributed by atoms with Crippen LogP contribution in [0.5, 0.6) is 0 Å². The topological polar surface area (TPSA) is 41.6 Å². The number of halogens is 2. The van der Waals surface area contributed by atoms with Gasteiger partial charge in [0, 0.05) is 12.6 Å². The first-order chi connectivity index (χ1) is 6.72. The van der Waals surface area contributed by atoms with Crippen LogP contribution in [0.15, 0.2) is 15.3 Å². The number of H-pyrrole nitrogens is 1. The minimum atomic E-state index is 0.811. The normalized spacial score (nSPS) is 11.1. The van der Waals surface area contributed by atoms with Gasteiger partial charge in [0.25, 0.3) is 0 Å². The lowest BCUT2D eigenvalue weighted by atomic mass is 10.3. The molecule has 0 bridgehead atoms. The van der Waals surface area contributed by atoms with Crippen molar-refractivity contribution in [3.05, 3.63) is 21.1 Å². The highest BCUT2D eigenvalue weighted by Crippen LogP contribution is 2.26. The van der Waals surface area contributed by atoms with Gasteiger partial charge in [0.15, 0.2) is 0 Å². The van der Waals surface area contributed by atoms with Crippen molar-refractivity contribution in [3.8, 4) is 0 Å². The van der Waals surface area contributed by atoms with Crippen LogP contribution >= 0.6 is 31.9 Å². The lowest BCUT2D eigenvalue weighted by Gasteiger charge is -1.93. The summed E-state index contributed by atoms with van der Waals surface area (Å²) in [5.41, 5.74) is 1.90. The SMILES string of the molecule is CCCc1nc2c(Br)cnc(Br)c2[nH]1. The highest BCUT2D eigenvalue weighted by atomic mass is 79.9. The summed E-state index contributed by atoms with van der Waals surface area (Å²) in [5.74, 6) is 1.01. The molecule has 1 N–H and O–H groups in total. The summed E-state index contributed by atoms with van der Waals surface area (Å²) < 4.78 is 1.74. The van der Waals surface area contributed by atoms with Gasteiger partial charge in [-0.05, 0) is 38.3 Å². The van der Waals surface area contributed by atoms with E-state index in [-0.39, 0.29) is 0 Å². The first-order valence-corrected chi connectivity index (χ1v) is 5.99. The van der Waals surface area contributed by atoms with Gasteiger partial charge >= 0.3 is 0 Å². The van der Waals surface area contributed by atoms with Gasteiger partial charge in [-0.25, -0.2) is 9.97 Å². The van der Waals surface area contributed by atoms with Crippen molar-refractivity contribution in [1.29, 1.82) is 0 Å². The second kappa shape index (κ2) is 3.98. The number of pyridine rings is 1. The number of aromatic amines is 1. The molecule has 3 nitrogen and oxygen atoms in total. The van der Waals surface area contributed by atoms with Gasteiger partial charge in [-0.2, -0.15) is 0 Å². The van der Waals surface area contributed by atoms with Crippen LogP contribution in [0.4, 0.5) is 0 Å². The molecule has 74 valence electrons. The van der Waals surface area contributed by atoms with E-state index in [2.05, 4.69) is 53.7 Å². The highest BCUT2D eigenvalue weighted by Gasteiger charge is 2.09. The Balaban J connectivity index is 2.63. The molecule has 5 heteroatoms. The Kier molecular flexibility index (Phi) is 2.88. The molecule has 0 amide bonds. The molecule has 2 aromatic heterocycles. The van der Waals surface area contributed by atoms with E-state index in [0.29, 0.717) is 0 Å². The van der Waals surface area contributed by atoms with Gasteiger partial charge in [0.2, 0.25) is 0 Å². The smallest absolute Gasteiger partial charge is 0.131 e. The quantitative estimate of drug-likeness (QED) is 0.862.